The molecule has 1 aliphatic heterocycles. The lowest BCUT2D eigenvalue weighted by molar-refractivity contribution is -0.130. The van der Waals surface area contributed by atoms with Crippen LogP contribution in [0.5, 0.6) is 0 Å². The number of nitrogens with zero attached hydrogens (tertiary/aromatic N) is 2. The van der Waals surface area contributed by atoms with Crippen LogP contribution in [0.15, 0.2) is 30.3 Å². The normalized spacial score (nSPS) is 18.4. The topological polar surface area (TPSA) is 36.4 Å². The molecule has 0 aliphatic carbocycles. The number of aromatic nitrogens is 1. The third-order valence-electron chi connectivity index (χ3n) is 4.39. The monoisotopic (exact) mass is 270 g/mol. The van der Waals surface area contributed by atoms with E-state index in [9.17, 15) is 5.11 Å². The zero-order valence-corrected chi connectivity index (χ0v) is 12.4. The highest BCUT2D eigenvalue weighted by molar-refractivity contribution is 5.82. The molecular weight excluding hydrogens is 248 g/mol. The van der Waals surface area contributed by atoms with Gasteiger partial charge in [-0.1, -0.05) is 32.0 Å². The molecule has 20 heavy (non-hydrogen) atoms. The zero-order chi connectivity index (χ0) is 14.3. The van der Waals surface area contributed by atoms with Crippen molar-refractivity contribution in [2.75, 3.05) is 13.1 Å². The average molecular weight is 270 g/mol. The van der Waals surface area contributed by atoms with E-state index in [0.717, 1.165) is 30.8 Å². The van der Waals surface area contributed by atoms with Gasteiger partial charge in [-0.05, 0) is 30.5 Å². The molecule has 0 amide bonds. The first-order valence-corrected chi connectivity index (χ1v) is 7.28. The molecule has 2 heterocycles. The van der Waals surface area contributed by atoms with E-state index < -0.39 is 5.60 Å². The molecule has 2 aromatic rings. The highest BCUT2D eigenvalue weighted by Gasteiger charge is 2.43. The Kier molecular flexibility index (Phi) is 3.27. The predicted octanol–water partition coefficient (Wildman–Crippen LogP) is 2.75. The van der Waals surface area contributed by atoms with E-state index >= 15 is 0 Å². The summed E-state index contributed by atoms with van der Waals surface area (Å²) in [5.74, 6) is 0.315. The number of pyridine rings is 1. The van der Waals surface area contributed by atoms with Crippen LogP contribution < -0.4 is 0 Å². The number of hydrogen-bond donors (Lipinski definition) is 1. The number of β-amino-alcohol motifs (C(OH)–C–C–N with tert-alkyl or cyclic N) is 1. The molecule has 3 heteroatoms. The SMILES string of the molecule is Cc1cc(CN2CC(O)(C(C)C)C2)c2ccccc2n1. The smallest absolute Gasteiger partial charge is 0.0923 e. The van der Waals surface area contributed by atoms with Crippen molar-refractivity contribution in [1.82, 2.24) is 9.88 Å². The minimum atomic E-state index is -0.502. The van der Waals surface area contributed by atoms with Gasteiger partial charge in [0.25, 0.3) is 0 Å². The fourth-order valence-electron chi connectivity index (χ4n) is 2.97. The minimum Gasteiger partial charge on any atom is -0.387 e. The molecule has 3 nitrogen and oxygen atoms in total. The van der Waals surface area contributed by atoms with Gasteiger partial charge in [0.15, 0.2) is 0 Å². The Balaban J connectivity index is 1.82. The van der Waals surface area contributed by atoms with Gasteiger partial charge in [-0.25, -0.2) is 0 Å². The average Bonchev–Trinajstić information content (AvgIpc) is 2.36. The summed E-state index contributed by atoms with van der Waals surface area (Å²) in [6.45, 7) is 8.63. The quantitative estimate of drug-likeness (QED) is 0.931. The van der Waals surface area contributed by atoms with Crippen molar-refractivity contribution < 1.29 is 5.11 Å². The van der Waals surface area contributed by atoms with E-state index in [1.54, 1.807) is 0 Å². The first-order valence-electron chi connectivity index (χ1n) is 7.28. The molecule has 0 unspecified atom stereocenters. The lowest BCUT2D eigenvalue weighted by atomic mass is 9.82. The van der Waals surface area contributed by atoms with Gasteiger partial charge in [-0.2, -0.15) is 0 Å². The first-order chi connectivity index (χ1) is 9.48. The fourth-order valence-corrected chi connectivity index (χ4v) is 2.97. The van der Waals surface area contributed by atoms with Gasteiger partial charge in [0.2, 0.25) is 0 Å². The van der Waals surface area contributed by atoms with Crippen molar-refractivity contribution in [3.05, 3.63) is 41.6 Å². The first kappa shape index (κ1) is 13.5. The van der Waals surface area contributed by atoms with Crippen molar-refractivity contribution in [2.24, 2.45) is 5.92 Å². The van der Waals surface area contributed by atoms with Gasteiger partial charge in [-0.15, -0.1) is 0 Å². The maximum Gasteiger partial charge on any atom is 0.0923 e. The van der Waals surface area contributed by atoms with Crippen molar-refractivity contribution in [1.29, 1.82) is 0 Å². The van der Waals surface area contributed by atoms with Crippen LogP contribution in [0.3, 0.4) is 0 Å². The summed E-state index contributed by atoms with van der Waals surface area (Å²) < 4.78 is 0. The Labute approximate surface area is 120 Å². The van der Waals surface area contributed by atoms with Crippen molar-refractivity contribution in [2.45, 2.75) is 32.9 Å². The van der Waals surface area contributed by atoms with Crippen LogP contribution in [0.4, 0.5) is 0 Å². The molecule has 1 aromatic carbocycles. The Bertz CT molecular complexity index is 630. The van der Waals surface area contributed by atoms with Gasteiger partial charge >= 0.3 is 0 Å². The highest BCUT2D eigenvalue weighted by Crippen LogP contribution is 2.31. The summed E-state index contributed by atoms with van der Waals surface area (Å²) >= 11 is 0. The third-order valence-corrected chi connectivity index (χ3v) is 4.39. The van der Waals surface area contributed by atoms with Crippen LogP contribution in [0.2, 0.25) is 0 Å². The molecule has 1 aliphatic rings. The Morgan fingerprint density at radius 1 is 1.30 bits per heavy atom. The van der Waals surface area contributed by atoms with E-state index in [-0.39, 0.29) is 0 Å². The minimum absolute atomic E-state index is 0.315. The molecule has 1 fully saturated rings. The number of benzene rings is 1. The number of rotatable bonds is 3. The lowest BCUT2D eigenvalue weighted by Crippen LogP contribution is -2.63. The number of aliphatic hydroxyl groups is 1. The van der Waals surface area contributed by atoms with Gasteiger partial charge in [0, 0.05) is 30.7 Å². The molecule has 1 saturated heterocycles. The van der Waals surface area contributed by atoms with E-state index in [2.05, 4.69) is 48.0 Å². The van der Waals surface area contributed by atoms with Crippen LogP contribution in [-0.4, -0.2) is 33.7 Å². The summed E-state index contributed by atoms with van der Waals surface area (Å²) in [6, 6.07) is 10.4. The van der Waals surface area contributed by atoms with Gasteiger partial charge < -0.3 is 5.11 Å². The highest BCUT2D eigenvalue weighted by atomic mass is 16.3. The number of likely N-dealkylation sites (tertiary alicyclic amines) is 1. The molecule has 0 spiro atoms. The summed E-state index contributed by atoms with van der Waals surface area (Å²) in [5.41, 5.74) is 2.91. The van der Waals surface area contributed by atoms with Gasteiger partial charge in [0.1, 0.15) is 0 Å². The van der Waals surface area contributed by atoms with Crippen LogP contribution in [-0.2, 0) is 6.54 Å². The van der Waals surface area contributed by atoms with Crippen molar-refractivity contribution >= 4 is 10.9 Å². The van der Waals surface area contributed by atoms with Crippen LogP contribution in [0, 0.1) is 12.8 Å². The number of aryl methyl sites for hydroxylation is 1. The van der Waals surface area contributed by atoms with Gasteiger partial charge in [0.05, 0.1) is 11.1 Å². The Morgan fingerprint density at radius 3 is 2.70 bits per heavy atom. The summed E-state index contributed by atoms with van der Waals surface area (Å²) in [5, 5.41) is 11.6. The molecule has 1 N–H and O–H groups in total. The third kappa shape index (κ3) is 2.32. The maximum atomic E-state index is 10.3. The molecule has 1 aromatic heterocycles. The summed E-state index contributed by atoms with van der Waals surface area (Å²) in [7, 11) is 0. The van der Waals surface area contributed by atoms with E-state index in [1.165, 1.54) is 10.9 Å². The van der Waals surface area contributed by atoms with Gasteiger partial charge in [-0.3, -0.25) is 9.88 Å². The molecule has 0 atom stereocenters. The number of fused-ring (bicyclic) bond motifs is 1. The Morgan fingerprint density at radius 2 is 2.00 bits per heavy atom. The summed E-state index contributed by atoms with van der Waals surface area (Å²) in [6.07, 6.45) is 0. The fraction of sp³-hybridized carbons (Fsp3) is 0.471. The number of para-hydroxylation sites is 1. The van der Waals surface area contributed by atoms with Crippen LogP contribution >= 0.6 is 0 Å². The maximum absolute atomic E-state index is 10.3. The lowest BCUT2D eigenvalue weighted by Gasteiger charge is -2.49. The van der Waals surface area contributed by atoms with E-state index in [0.29, 0.717) is 5.92 Å². The van der Waals surface area contributed by atoms with Crippen molar-refractivity contribution in [3.8, 4) is 0 Å². The second kappa shape index (κ2) is 4.83. The summed E-state index contributed by atoms with van der Waals surface area (Å²) in [4.78, 5) is 6.88. The second-order valence-electron chi connectivity index (χ2n) is 6.34. The molecule has 3 rings (SSSR count). The Hall–Kier alpha value is -1.45. The molecule has 106 valence electrons. The largest absolute Gasteiger partial charge is 0.387 e. The molecule has 0 radical (unpaired) electrons. The molecule has 0 bridgehead atoms. The predicted molar refractivity (Wildman–Crippen MR) is 81.5 cm³/mol. The van der Waals surface area contributed by atoms with E-state index in [1.807, 2.05) is 13.0 Å². The van der Waals surface area contributed by atoms with Crippen LogP contribution in [0.25, 0.3) is 10.9 Å². The van der Waals surface area contributed by atoms with Crippen LogP contribution in [0.1, 0.15) is 25.1 Å². The second-order valence-corrected chi connectivity index (χ2v) is 6.34. The molecular formula is C17H22N2O. The number of hydrogen-bond acceptors (Lipinski definition) is 3. The van der Waals surface area contributed by atoms with Crippen molar-refractivity contribution in [3.63, 3.8) is 0 Å². The van der Waals surface area contributed by atoms with E-state index in [4.69, 9.17) is 0 Å². The zero-order valence-electron chi connectivity index (χ0n) is 12.4. The molecule has 0 saturated carbocycles. The standard InChI is InChI=1S/C17H22N2O/c1-12(2)17(20)10-19(11-17)9-14-8-13(3)18-16-7-5-4-6-15(14)16/h4-8,12,20H,9-11H2,1-3H3.